The second-order valence-corrected chi connectivity index (χ2v) is 7.20. The molecule has 0 radical (unpaired) electrons. The molecule has 1 saturated heterocycles. The zero-order valence-corrected chi connectivity index (χ0v) is 14.1. The van der Waals surface area contributed by atoms with Crippen molar-refractivity contribution in [3.63, 3.8) is 0 Å². The van der Waals surface area contributed by atoms with E-state index in [9.17, 15) is 14.3 Å². The summed E-state index contributed by atoms with van der Waals surface area (Å²) in [6, 6.07) is 6.61. The number of hydrogen-bond donors (Lipinski definition) is 2. The van der Waals surface area contributed by atoms with E-state index >= 15 is 0 Å². The van der Waals surface area contributed by atoms with Gasteiger partial charge in [-0.2, -0.15) is 0 Å². The van der Waals surface area contributed by atoms with Gasteiger partial charge in [0.05, 0.1) is 0 Å². The van der Waals surface area contributed by atoms with Crippen molar-refractivity contribution >= 4 is 5.91 Å². The lowest BCUT2D eigenvalue weighted by atomic mass is 9.89. The highest BCUT2D eigenvalue weighted by atomic mass is 19.1. The van der Waals surface area contributed by atoms with Gasteiger partial charge in [0.1, 0.15) is 5.82 Å². The van der Waals surface area contributed by atoms with Crippen LogP contribution in [-0.2, 0) is 11.3 Å². The van der Waals surface area contributed by atoms with E-state index in [-0.39, 0.29) is 11.7 Å². The van der Waals surface area contributed by atoms with Gasteiger partial charge >= 0.3 is 0 Å². The van der Waals surface area contributed by atoms with E-state index in [1.807, 2.05) is 0 Å². The number of halogens is 1. The molecule has 1 aromatic rings. The first-order valence-corrected chi connectivity index (χ1v) is 9.06. The van der Waals surface area contributed by atoms with Crippen molar-refractivity contribution in [1.29, 1.82) is 0 Å². The third-order valence-electron chi connectivity index (χ3n) is 5.28. The monoisotopic (exact) mass is 334 g/mol. The summed E-state index contributed by atoms with van der Waals surface area (Å²) in [5, 5.41) is 14.3. The third kappa shape index (κ3) is 4.14. The van der Waals surface area contributed by atoms with Crippen molar-refractivity contribution in [2.75, 3.05) is 13.1 Å². The number of nitrogens with zero attached hydrogens (tertiary/aromatic N) is 1. The second kappa shape index (κ2) is 7.62. The Labute approximate surface area is 143 Å². The molecule has 0 unspecified atom stereocenters. The minimum absolute atomic E-state index is 0.207. The number of carbonyl (C=O) groups excluding carboxylic acids is 1. The molecule has 3 rings (SSSR count). The van der Waals surface area contributed by atoms with Gasteiger partial charge in [0.15, 0.2) is 5.60 Å². The summed E-state index contributed by atoms with van der Waals surface area (Å²) in [7, 11) is 0. The Morgan fingerprint density at radius 1 is 1.17 bits per heavy atom. The van der Waals surface area contributed by atoms with Gasteiger partial charge in [-0.3, -0.25) is 4.79 Å². The zero-order chi connectivity index (χ0) is 17.0. The average molecular weight is 334 g/mol. The molecule has 0 bridgehead atoms. The normalized spacial score (nSPS) is 25.9. The Hall–Kier alpha value is -1.46. The summed E-state index contributed by atoms with van der Waals surface area (Å²) in [5.41, 5.74) is -0.426. The highest BCUT2D eigenvalue weighted by Gasteiger charge is 2.42. The van der Waals surface area contributed by atoms with Crippen LogP contribution in [0.4, 0.5) is 4.39 Å². The van der Waals surface area contributed by atoms with Crippen LogP contribution in [0.1, 0.15) is 50.5 Å². The molecule has 0 spiro atoms. The Bertz CT molecular complexity index is 557. The molecular formula is C19H27FN2O2. The predicted octanol–water partition coefficient (Wildman–Crippen LogP) is 2.60. The molecule has 1 atom stereocenters. The van der Waals surface area contributed by atoms with Gasteiger partial charge in [0.2, 0.25) is 0 Å². The number of aliphatic hydroxyl groups is 1. The van der Waals surface area contributed by atoms with Crippen LogP contribution >= 0.6 is 0 Å². The lowest BCUT2D eigenvalue weighted by Gasteiger charge is -2.39. The molecule has 2 N–H and O–H groups in total. The van der Waals surface area contributed by atoms with E-state index in [0.717, 1.165) is 24.8 Å². The van der Waals surface area contributed by atoms with Gasteiger partial charge in [0, 0.05) is 25.7 Å². The van der Waals surface area contributed by atoms with Crippen molar-refractivity contribution in [3.8, 4) is 0 Å². The van der Waals surface area contributed by atoms with Gasteiger partial charge in [-0.05, 0) is 43.4 Å². The maximum Gasteiger partial charge on any atom is 0.256 e. The first-order valence-electron chi connectivity index (χ1n) is 9.06. The van der Waals surface area contributed by atoms with E-state index in [2.05, 4.69) is 5.32 Å². The van der Waals surface area contributed by atoms with Crippen LogP contribution in [-0.4, -0.2) is 40.6 Å². The Balaban J connectivity index is 1.59. The topological polar surface area (TPSA) is 52.6 Å². The largest absolute Gasteiger partial charge is 0.379 e. The fourth-order valence-corrected chi connectivity index (χ4v) is 3.81. The summed E-state index contributed by atoms with van der Waals surface area (Å²) < 4.78 is 13.0. The molecule has 1 amide bonds. The highest BCUT2D eigenvalue weighted by Crippen LogP contribution is 2.25. The van der Waals surface area contributed by atoms with Gasteiger partial charge < -0.3 is 15.3 Å². The molecule has 2 fully saturated rings. The molecule has 1 saturated carbocycles. The molecule has 1 aliphatic carbocycles. The van der Waals surface area contributed by atoms with Crippen molar-refractivity contribution in [2.45, 2.75) is 63.1 Å². The molecule has 1 aromatic carbocycles. The summed E-state index contributed by atoms with van der Waals surface area (Å²) in [6.45, 7) is 1.39. The van der Waals surface area contributed by atoms with E-state index < -0.39 is 5.60 Å². The number of carbonyl (C=O) groups is 1. The van der Waals surface area contributed by atoms with Gasteiger partial charge in [-0.1, -0.05) is 31.4 Å². The maximum atomic E-state index is 13.0. The molecule has 4 nitrogen and oxygen atoms in total. The number of rotatable bonds is 5. The molecule has 1 heterocycles. The van der Waals surface area contributed by atoms with Crippen LogP contribution in [0, 0.1) is 5.82 Å². The summed E-state index contributed by atoms with van der Waals surface area (Å²) in [6.07, 6.45) is 7.28. The van der Waals surface area contributed by atoms with Crippen LogP contribution in [0.3, 0.4) is 0 Å². The van der Waals surface area contributed by atoms with Gasteiger partial charge in [0.25, 0.3) is 5.91 Å². The first kappa shape index (κ1) is 17.4. The number of piperidine rings is 1. The summed E-state index contributed by atoms with van der Waals surface area (Å²) >= 11 is 0. The zero-order valence-electron chi connectivity index (χ0n) is 14.1. The Morgan fingerprint density at radius 3 is 2.58 bits per heavy atom. The predicted molar refractivity (Wildman–Crippen MR) is 90.9 cm³/mol. The quantitative estimate of drug-likeness (QED) is 0.870. The fourth-order valence-electron chi connectivity index (χ4n) is 3.81. The standard InChI is InChI=1S/C19H27FN2O2/c20-16-9-7-15(8-10-16)13-22-12-4-11-19(24,18(22)23)14-21-17-5-2-1-3-6-17/h7-10,17,21,24H,1-6,11-14H2/t19-/m0/s1. The van der Waals surface area contributed by atoms with Gasteiger partial charge in [-0.15, -0.1) is 0 Å². The lowest BCUT2D eigenvalue weighted by Crippen LogP contribution is -2.58. The number of hydrogen-bond acceptors (Lipinski definition) is 3. The van der Waals surface area contributed by atoms with E-state index in [1.165, 1.54) is 31.4 Å². The maximum absolute atomic E-state index is 13.0. The Morgan fingerprint density at radius 2 is 1.88 bits per heavy atom. The molecule has 24 heavy (non-hydrogen) atoms. The van der Waals surface area contributed by atoms with Crippen LogP contribution in [0.25, 0.3) is 0 Å². The average Bonchev–Trinajstić information content (AvgIpc) is 2.60. The van der Waals surface area contributed by atoms with Crippen LogP contribution in [0.2, 0.25) is 0 Å². The smallest absolute Gasteiger partial charge is 0.256 e. The number of amides is 1. The van der Waals surface area contributed by atoms with Crippen LogP contribution in [0.15, 0.2) is 24.3 Å². The van der Waals surface area contributed by atoms with Crippen molar-refractivity contribution < 1.29 is 14.3 Å². The third-order valence-corrected chi connectivity index (χ3v) is 5.28. The molecule has 132 valence electrons. The van der Waals surface area contributed by atoms with Gasteiger partial charge in [-0.25, -0.2) is 4.39 Å². The molecule has 5 heteroatoms. The van der Waals surface area contributed by atoms with E-state index in [0.29, 0.717) is 32.1 Å². The molecular weight excluding hydrogens is 307 g/mol. The number of benzene rings is 1. The minimum Gasteiger partial charge on any atom is -0.379 e. The number of likely N-dealkylation sites (tertiary alicyclic amines) is 1. The second-order valence-electron chi connectivity index (χ2n) is 7.20. The van der Waals surface area contributed by atoms with Crippen molar-refractivity contribution in [2.24, 2.45) is 0 Å². The van der Waals surface area contributed by atoms with Crippen molar-refractivity contribution in [1.82, 2.24) is 10.2 Å². The molecule has 1 aliphatic heterocycles. The molecule has 0 aromatic heterocycles. The SMILES string of the molecule is O=C1N(Cc2ccc(F)cc2)CCC[C@]1(O)CNC1CCCCC1. The van der Waals surface area contributed by atoms with E-state index in [1.54, 1.807) is 17.0 Å². The summed E-state index contributed by atoms with van der Waals surface area (Å²) in [4.78, 5) is 14.4. The lowest BCUT2D eigenvalue weighted by molar-refractivity contribution is -0.157. The minimum atomic E-state index is -1.31. The van der Waals surface area contributed by atoms with Crippen molar-refractivity contribution in [3.05, 3.63) is 35.6 Å². The van der Waals surface area contributed by atoms with Crippen LogP contribution < -0.4 is 5.32 Å². The van der Waals surface area contributed by atoms with E-state index in [4.69, 9.17) is 0 Å². The number of nitrogens with one attached hydrogen (secondary N) is 1. The van der Waals surface area contributed by atoms with Crippen LogP contribution in [0.5, 0.6) is 0 Å². The highest BCUT2D eigenvalue weighted by molar-refractivity contribution is 5.86. The Kier molecular flexibility index (Phi) is 5.51. The summed E-state index contributed by atoms with van der Waals surface area (Å²) in [5.74, 6) is -0.488. The first-order chi connectivity index (χ1) is 11.6. The molecule has 2 aliphatic rings. The fraction of sp³-hybridized carbons (Fsp3) is 0.632.